The van der Waals surface area contributed by atoms with E-state index in [2.05, 4.69) is 22.3 Å². The highest BCUT2D eigenvalue weighted by atomic mass is 16.1. The van der Waals surface area contributed by atoms with E-state index in [1.807, 2.05) is 52.1 Å². The molecule has 124 valence electrons. The summed E-state index contributed by atoms with van der Waals surface area (Å²) in [5.74, 6) is -0.130. The highest BCUT2D eigenvalue weighted by molar-refractivity contribution is 6.07. The van der Waals surface area contributed by atoms with Gasteiger partial charge in [0, 0.05) is 18.1 Å². The van der Waals surface area contributed by atoms with Crippen LogP contribution in [0.4, 0.5) is 5.69 Å². The lowest BCUT2D eigenvalue weighted by molar-refractivity contribution is 0.102. The molecule has 3 rings (SSSR count). The molecule has 0 fully saturated rings. The van der Waals surface area contributed by atoms with Crippen LogP contribution in [0, 0.1) is 20.8 Å². The molecule has 2 aromatic heterocycles. The summed E-state index contributed by atoms with van der Waals surface area (Å²) in [6, 6.07) is 7.96. The van der Waals surface area contributed by atoms with Gasteiger partial charge in [-0.3, -0.25) is 9.48 Å². The summed E-state index contributed by atoms with van der Waals surface area (Å²) in [4.78, 5) is 17.4. The van der Waals surface area contributed by atoms with E-state index in [9.17, 15) is 4.79 Å². The van der Waals surface area contributed by atoms with Crippen LogP contribution in [0.15, 0.2) is 24.3 Å². The number of para-hydroxylation sites is 1. The molecule has 0 saturated heterocycles. The average molecular weight is 322 g/mol. The van der Waals surface area contributed by atoms with Gasteiger partial charge in [0.1, 0.15) is 0 Å². The van der Waals surface area contributed by atoms with Crippen molar-refractivity contribution in [1.29, 1.82) is 0 Å². The number of anilines is 1. The topological polar surface area (TPSA) is 59.8 Å². The number of pyridine rings is 1. The van der Waals surface area contributed by atoms with Gasteiger partial charge in [-0.05, 0) is 44.4 Å². The van der Waals surface area contributed by atoms with Crippen LogP contribution in [-0.2, 0) is 13.5 Å². The van der Waals surface area contributed by atoms with Gasteiger partial charge in [0.2, 0.25) is 0 Å². The number of rotatable bonds is 3. The van der Waals surface area contributed by atoms with E-state index in [1.54, 1.807) is 4.68 Å². The molecule has 2 heterocycles. The third-order valence-corrected chi connectivity index (χ3v) is 4.41. The van der Waals surface area contributed by atoms with Gasteiger partial charge >= 0.3 is 0 Å². The fourth-order valence-corrected chi connectivity index (χ4v) is 3.04. The fourth-order valence-electron chi connectivity index (χ4n) is 3.04. The van der Waals surface area contributed by atoms with Crippen molar-refractivity contribution in [2.45, 2.75) is 34.1 Å². The molecule has 0 atom stereocenters. The van der Waals surface area contributed by atoms with E-state index in [-0.39, 0.29) is 5.91 Å². The number of hydrogen-bond donors (Lipinski definition) is 1. The number of carbonyl (C=O) groups excluding carboxylic acids is 1. The van der Waals surface area contributed by atoms with Crippen molar-refractivity contribution in [1.82, 2.24) is 14.8 Å². The third-order valence-electron chi connectivity index (χ3n) is 4.41. The molecule has 0 bridgehead atoms. The van der Waals surface area contributed by atoms with Crippen LogP contribution in [0.3, 0.4) is 0 Å². The molecule has 0 spiro atoms. The summed E-state index contributed by atoms with van der Waals surface area (Å²) in [7, 11) is 1.86. The van der Waals surface area contributed by atoms with Crippen LogP contribution in [0.5, 0.6) is 0 Å². The summed E-state index contributed by atoms with van der Waals surface area (Å²) in [5.41, 5.74) is 6.05. The van der Waals surface area contributed by atoms with E-state index < -0.39 is 0 Å². The van der Waals surface area contributed by atoms with Gasteiger partial charge in [-0.1, -0.05) is 25.1 Å². The molecule has 3 aromatic rings. The number of benzene rings is 1. The molecule has 5 heteroatoms. The summed E-state index contributed by atoms with van der Waals surface area (Å²) in [6.07, 6.45) is 0.870. The van der Waals surface area contributed by atoms with E-state index in [1.165, 1.54) is 0 Å². The lowest BCUT2D eigenvalue weighted by Gasteiger charge is -2.14. The van der Waals surface area contributed by atoms with Gasteiger partial charge < -0.3 is 5.32 Å². The number of aromatic nitrogens is 3. The highest BCUT2D eigenvalue weighted by Gasteiger charge is 2.17. The SMILES string of the molecule is CCc1cccc(C)c1NC(=O)c1cc2c(C)nn(C)c2nc1C. The van der Waals surface area contributed by atoms with Crippen LogP contribution in [0.1, 0.15) is 39.8 Å². The Morgan fingerprint density at radius 3 is 2.67 bits per heavy atom. The average Bonchev–Trinajstić information content (AvgIpc) is 2.82. The third kappa shape index (κ3) is 2.66. The fraction of sp³-hybridized carbons (Fsp3) is 0.316. The molecular formula is C19H22N4O. The number of nitrogens with one attached hydrogen (secondary N) is 1. The van der Waals surface area contributed by atoms with Gasteiger partial charge in [0.15, 0.2) is 5.65 Å². The van der Waals surface area contributed by atoms with E-state index in [0.29, 0.717) is 11.3 Å². The first-order chi connectivity index (χ1) is 11.4. The zero-order chi connectivity index (χ0) is 17.4. The van der Waals surface area contributed by atoms with Gasteiger partial charge in [0.05, 0.1) is 17.0 Å². The predicted molar refractivity (Wildman–Crippen MR) is 96.5 cm³/mol. The van der Waals surface area contributed by atoms with Crippen LogP contribution in [-0.4, -0.2) is 20.7 Å². The van der Waals surface area contributed by atoms with Crippen molar-refractivity contribution in [2.24, 2.45) is 7.05 Å². The molecule has 1 amide bonds. The monoisotopic (exact) mass is 322 g/mol. The number of carbonyl (C=O) groups is 1. The Hall–Kier alpha value is -2.69. The molecule has 0 unspecified atom stereocenters. The molecule has 0 aliphatic carbocycles. The Kier molecular flexibility index (Phi) is 4.09. The number of hydrogen-bond acceptors (Lipinski definition) is 3. The zero-order valence-electron chi connectivity index (χ0n) is 14.8. The second-order valence-corrected chi connectivity index (χ2v) is 6.12. The first kappa shape index (κ1) is 16.2. The van der Waals surface area contributed by atoms with E-state index in [0.717, 1.165) is 40.0 Å². The minimum Gasteiger partial charge on any atom is -0.321 e. The smallest absolute Gasteiger partial charge is 0.257 e. The number of fused-ring (bicyclic) bond motifs is 1. The largest absolute Gasteiger partial charge is 0.321 e. The molecule has 0 saturated carbocycles. The van der Waals surface area contributed by atoms with Crippen molar-refractivity contribution in [3.8, 4) is 0 Å². The van der Waals surface area contributed by atoms with Gasteiger partial charge in [-0.25, -0.2) is 4.98 Å². The first-order valence-electron chi connectivity index (χ1n) is 8.13. The van der Waals surface area contributed by atoms with E-state index >= 15 is 0 Å². The molecule has 1 aromatic carbocycles. The number of aryl methyl sites for hydroxylation is 5. The molecule has 24 heavy (non-hydrogen) atoms. The van der Waals surface area contributed by atoms with Gasteiger partial charge in [-0.2, -0.15) is 5.10 Å². The lowest BCUT2D eigenvalue weighted by atomic mass is 10.0. The summed E-state index contributed by atoms with van der Waals surface area (Å²) in [5, 5.41) is 8.36. The van der Waals surface area contributed by atoms with Crippen molar-refractivity contribution in [3.05, 3.63) is 52.3 Å². The zero-order valence-corrected chi connectivity index (χ0v) is 14.8. The minimum absolute atomic E-state index is 0.130. The minimum atomic E-state index is -0.130. The van der Waals surface area contributed by atoms with Gasteiger partial charge in [-0.15, -0.1) is 0 Å². The Labute approximate surface area is 141 Å². The van der Waals surface area contributed by atoms with Crippen molar-refractivity contribution >= 4 is 22.6 Å². The normalized spacial score (nSPS) is 11.0. The Morgan fingerprint density at radius 2 is 1.96 bits per heavy atom. The summed E-state index contributed by atoms with van der Waals surface area (Å²) < 4.78 is 1.75. The number of amides is 1. The first-order valence-corrected chi connectivity index (χ1v) is 8.13. The second-order valence-electron chi connectivity index (χ2n) is 6.12. The van der Waals surface area contributed by atoms with E-state index in [4.69, 9.17) is 0 Å². The Balaban J connectivity index is 2.04. The van der Waals surface area contributed by atoms with Crippen LogP contribution in [0.25, 0.3) is 11.0 Å². The molecule has 0 aliphatic heterocycles. The maximum Gasteiger partial charge on any atom is 0.257 e. The second kappa shape index (κ2) is 6.07. The number of nitrogens with zero attached hydrogens (tertiary/aromatic N) is 3. The highest BCUT2D eigenvalue weighted by Crippen LogP contribution is 2.24. The Bertz CT molecular complexity index is 940. The predicted octanol–water partition coefficient (Wildman–Crippen LogP) is 3.71. The summed E-state index contributed by atoms with van der Waals surface area (Å²) >= 11 is 0. The van der Waals surface area contributed by atoms with Crippen LogP contribution >= 0.6 is 0 Å². The molecule has 0 radical (unpaired) electrons. The molecule has 5 nitrogen and oxygen atoms in total. The van der Waals surface area contributed by atoms with Crippen LogP contribution < -0.4 is 5.32 Å². The lowest BCUT2D eigenvalue weighted by Crippen LogP contribution is -2.16. The Morgan fingerprint density at radius 1 is 1.21 bits per heavy atom. The molecule has 1 N–H and O–H groups in total. The quantitative estimate of drug-likeness (QED) is 0.799. The molecule has 0 aliphatic rings. The van der Waals surface area contributed by atoms with Crippen LogP contribution in [0.2, 0.25) is 0 Å². The maximum absolute atomic E-state index is 12.8. The van der Waals surface area contributed by atoms with Crippen molar-refractivity contribution in [2.75, 3.05) is 5.32 Å². The van der Waals surface area contributed by atoms with Crippen molar-refractivity contribution in [3.63, 3.8) is 0 Å². The van der Waals surface area contributed by atoms with Crippen molar-refractivity contribution < 1.29 is 4.79 Å². The maximum atomic E-state index is 12.8. The van der Waals surface area contributed by atoms with Gasteiger partial charge in [0.25, 0.3) is 5.91 Å². The standard InChI is InChI=1S/C19H22N4O/c1-6-14-9-7-8-11(2)17(14)21-19(24)16-10-15-13(4)22-23(5)18(15)20-12(16)3/h7-10H,6H2,1-5H3,(H,21,24). The summed E-state index contributed by atoms with van der Waals surface area (Å²) in [6.45, 7) is 7.88. The molecular weight excluding hydrogens is 300 g/mol.